The van der Waals surface area contributed by atoms with E-state index in [0.717, 1.165) is 15.7 Å². The van der Waals surface area contributed by atoms with Gasteiger partial charge in [0.2, 0.25) is 0 Å². The van der Waals surface area contributed by atoms with Gasteiger partial charge in [0, 0.05) is 27.2 Å². The maximum Gasteiger partial charge on any atom is 0.251 e. The number of nitrogens with zero attached hydrogens (tertiary/aromatic N) is 1. The van der Waals surface area contributed by atoms with Crippen molar-refractivity contribution in [3.63, 3.8) is 0 Å². The minimum Gasteiger partial charge on any atom is -0.301 e. The van der Waals surface area contributed by atoms with Gasteiger partial charge in [0.1, 0.15) is 0 Å². The highest BCUT2D eigenvalue weighted by Crippen LogP contribution is 2.29. The molecule has 2 aromatic rings. The summed E-state index contributed by atoms with van der Waals surface area (Å²) in [5, 5.41) is 0.457. The Morgan fingerprint density at radius 1 is 1.35 bits per heavy atom. The number of halogens is 1. The molecule has 1 aromatic carbocycles. The minimum atomic E-state index is -0.217. The van der Waals surface area contributed by atoms with E-state index in [2.05, 4.69) is 25.9 Å². The maximum absolute atomic E-state index is 11.1. The third kappa shape index (κ3) is 3.04. The van der Waals surface area contributed by atoms with E-state index in [4.69, 9.17) is 0 Å². The quantitative estimate of drug-likeness (QED) is 0.699. The van der Waals surface area contributed by atoms with Crippen LogP contribution in [0.3, 0.4) is 0 Å². The second-order valence-corrected chi connectivity index (χ2v) is 5.09. The number of carbonyl (C=O) groups is 1. The molecule has 0 unspecified atom stereocenters. The topological polar surface area (TPSA) is 62.8 Å². The van der Waals surface area contributed by atoms with E-state index >= 15 is 0 Å². The van der Waals surface area contributed by atoms with E-state index in [0.29, 0.717) is 10.7 Å². The standard InChI is InChI=1S/C11H7BrN2O2S/c12-8-2-1-7(6-15)9(5-8)17-11-13-4-3-10(16)14-11/h1-6H,(H,13,14,16). The van der Waals surface area contributed by atoms with Crippen LogP contribution in [0.15, 0.2) is 49.8 Å². The Kier molecular flexibility index (Phi) is 3.75. The lowest BCUT2D eigenvalue weighted by molar-refractivity contribution is 0.112. The van der Waals surface area contributed by atoms with Crippen molar-refractivity contribution in [3.05, 3.63) is 50.9 Å². The van der Waals surface area contributed by atoms with Crippen LogP contribution < -0.4 is 5.56 Å². The average molecular weight is 311 g/mol. The zero-order valence-corrected chi connectivity index (χ0v) is 10.9. The zero-order valence-electron chi connectivity index (χ0n) is 8.51. The number of hydrogen-bond donors (Lipinski definition) is 1. The third-order valence-electron chi connectivity index (χ3n) is 1.96. The smallest absolute Gasteiger partial charge is 0.251 e. The summed E-state index contributed by atoms with van der Waals surface area (Å²) in [6.45, 7) is 0. The molecule has 1 heterocycles. The fourth-order valence-corrected chi connectivity index (χ4v) is 2.61. The molecule has 2 rings (SSSR count). The molecule has 0 spiro atoms. The van der Waals surface area contributed by atoms with Gasteiger partial charge < -0.3 is 4.98 Å². The van der Waals surface area contributed by atoms with E-state index < -0.39 is 0 Å². The van der Waals surface area contributed by atoms with Crippen molar-refractivity contribution in [1.82, 2.24) is 9.97 Å². The van der Waals surface area contributed by atoms with Crippen LogP contribution in [0.4, 0.5) is 0 Å². The summed E-state index contributed by atoms with van der Waals surface area (Å²) in [6, 6.07) is 6.64. The van der Waals surface area contributed by atoms with Crippen LogP contribution >= 0.6 is 27.7 Å². The van der Waals surface area contributed by atoms with Gasteiger partial charge >= 0.3 is 0 Å². The number of H-pyrrole nitrogens is 1. The van der Waals surface area contributed by atoms with E-state index in [1.165, 1.54) is 24.0 Å². The van der Waals surface area contributed by atoms with Crippen molar-refractivity contribution in [2.75, 3.05) is 0 Å². The second kappa shape index (κ2) is 5.29. The lowest BCUT2D eigenvalue weighted by atomic mass is 10.2. The Labute approximate surface area is 110 Å². The second-order valence-electron chi connectivity index (χ2n) is 3.14. The summed E-state index contributed by atoms with van der Waals surface area (Å²) >= 11 is 4.57. The molecule has 0 radical (unpaired) electrons. The van der Waals surface area contributed by atoms with Gasteiger partial charge in [-0.2, -0.15) is 0 Å². The van der Waals surface area contributed by atoms with Crippen LogP contribution in [-0.4, -0.2) is 16.3 Å². The van der Waals surface area contributed by atoms with Gasteiger partial charge in [-0.1, -0.05) is 27.7 Å². The van der Waals surface area contributed by atoms with Gasteiger partial charge in [-0.15, -0.1) is 0 Å². The Bertz CT molecular complexity index is 612. The Morgan fingerprint density at radius 3 is 2.88 bits per heavy atom. The first kappa shape index (κ1) is 12.1. The first-order valence-electron chi connectivity index (χ1n) is 4.67. The molecule has 0 bridgehead atoms. The van der Waals surface area contributed by atoms with Gasteiger partial charge in [0.05, 0.1) is 0 Å². The Morgan fingerprint density at radius 2 is 2.18 bits per heavy atom. The van der Waals surface area contributed by atoms with Gasteiger partial charge in [0.25, 0.3) is 5.56 Å². The predicted octanol–water partition coefficient (Wildman–Crippen LogP) is 2.50. The molecule has 0 fully saturated rings. The van der Waals surface area contributed by atoms with Gasteiger partial charge in [-0.3, -0.25) is 9.59 Å². The third-order valence-corrected chi connectivity index (χ3v) is 3.42. The molecule has 1 N–H and O–H groups in total. The maximum atomic E-state index is 11.1. The molecule has 6 heteroatoms. The predicted molar refractivity (Wildman–Crippen MR) is 68.5 cm³/mol. The zero-order chi connectivity index (χ0) is 12.3. The van der Waals surface area contributed by atoms with Crippen molar-refractivity contribution in [1.29, 1.82) is 0 Å². The number of aromatic nitrogens is 2. The number of aldehydes is 1. The first-order chi connectivity index (χ1) is 8.19. The summed E-state index contributed by atoms with van der Waals surface area (Å²) in [5.74, 6) is 0. The van der Waals surface area contributed by atoms with Gasteiger partial charge in [0.15, 0.2) is 11.4 Å². The molecule has 0 saturated heterocycles. The van der Waals surface area contributed by atoms with Crippen LogP contribution in [0.25, 0.3) is 0 Å². The number of benzene rings is 1. The van der Waals surface area contributed by atoms with Crippen LogP contribution in [0.5, 0.6) is 0 Å². The summed E-state index contributed by atoms with van der Waals surface area (Å²) in [7, 11) is 0. The van der Waals surface area contributed by atoms with Crippen molar-refractivity contribution < 1.29 is 4.79 Å². The highest BCUT2D eigenvalue weighted by molar-refractivity contribution is 9.10. The fraction of sp³-hybridized carbons (Fsp3) is 0. The van der Waals surface area contributed by atoms with Crippen LogP contribution in [-0.2, 0) is 0 Å². The molecule has 1 aromatic heterocycles. The summed E-state index contributed by atoms with van der Waals surface area (Å²) in [6.07, 6.45) is 2.20. The van der Waals surface area contributed by atoms with Crippen molar-refractivity contribution in [3.8, 4) is 0 Å². The summed E-state index contributed by atoms with van der Waals surface area (Å²) < 4.78 is 0.865. The molecule has 4 nitrogen and oxygen atoms in total. The number of aromatic amines is 1. The average Bonchev–Trinajstić information content (AvgIpc) is 2.29. The lowest BCUT2D eigenvalue weighted by Gasteiger charge is -2.03. The van der Waals surface area contributed by atoms with Crippen molar-refractivity contribution in [2.45, 2.75) is 10.1 Å². The largest absolute Gasteiger partial charge is 0.301 e. The van der Waals surface area contributed by atoms with E-state index in [1.54, 1.807) is 18.2 Å². The SMILES string of the molecule is O=Cc1ccc(Br)cc1Sc1nccc(=O)[nH]1. The number of hydrogen-bond acceptors (Lipinski definition) is 4. The fourth-order valence-electron chi connectivity index (χ4n) is 1.20. The number of carbonyl (C=O) groups excluding carboxylic acids is 1. The van der Waals surface area contributed by atoms with Crippen LogP contribution in [0.2, 0.25) is 0 Å². The molecule has 0 aliphatic heterocycles. The van der Waals surface area contributed by atoms with Crippen LogP contribution in [0, 0.1) is 0 Å². The molecule has 0 aliphatic rings. The first-order valence-corrected chi connectivity index (χ1v) is 6.28. The Balaban J connectivity index is 2.38. The minimum absolute atomic E-state index is 0.217. The Hall–Kier alpha value is -1.40. The normalized spacial score (nSPS) is 10.2. The van der Waals surface area contributed by atoms with Crippen LogP contribution in [0.1, 0.15) is 10.4 Å². The highest BCUT2D eigenvalue weighted by atomic mass is 79.9. The molecule has 86 valence electrons. The number of nitrogens with one attached hydrogen (secondary N) is 1. The monoisotopic (exact) mass is 310 g/mol. The van der Waals surface area contributed by atoms with E-state index in [9.17, 15) is 9.59 Å². The molecule has 0 atom stereocenters. The molecule has 17 heavy (non-hydrogen) atoms. The van der Waals surface area contributed by atoms with Crippen molar-refractivity contribution >= 4 is 34.0 Å². The van der Waals surface area contributed by atoms with Gasteiger partial charge in [-0.25, -0.2) is 4.98 Å². The molecular formula is C11H7BrN2O2S. The van der Waals surface area contributed by atoms with Crippen molar-refractivity contribution in [2.24, 2.45) is 0 Å². The lowest BCUT2D eigenvalue weighted by Crippen LogP contribution is -2.05. The van der Waals surface area contributed by atoms with E-state index in [-0.39, 0.29) is 5.56 Å². The summed E-state index contributed by atoms with van der Waals surface area (Å²) in [5.41, 5.74) is 0.342. The highest BCUT2D eigenvalue weighted by Gasteiger charge is 2.06. The van der Waals surface area contributed by atoms with Gasteiger partial charge in [-0.05, 0) is 18.2 Å². The molecule has 0 saturated carbocycles. The molecule has 0 amide bonds. The molecular weight excluding hydrogens is 304 g/mol. The summed E-state index contributed by atoms with van der Waals surface area (Å²) in [4.78, 5) is 29.3. The number of rotatable bonds is 3. The molecule has 0 aliphatic carbocycles. The van der Waals surface area contributed by atoms with E-state index in [1.807, 2.05) is 0 Å².